The predicted molar refractivity (Wildman–Crippen MR) is 62.6 cm³/mol. The molecule has 84 valence electrons. The lowest BCUT2D eigenvalue weighted by atomic mass is 9.81. The van der Waals surface area contributed by atoms with Gasteiger partial charge in [-0.15, -0.1) is 0 Å². The predicted octanol–water partition coefficient (Wildman–Crippen LogP) is 3.10. The van der Waals surface area contributed by atoms with Gasteiger partial charge in [0, 0.05) is 0 Å². The van der Waals surface area contributed by atoms with Gasteiger partial charge in [0.25, 0.3) is 0 Å². The Labute approximate surface area is 91.7 Å². The van der Waals surface area contributed by atoms with Crippen LogP contribution in [0.4, 0.5) is 4.39 Å². The highest BCUT2D eigenvalue weighted by molar-refractivity contribution is 5.24. The molecule has 0 aromatic heterocycles. The molecule has 1 nitrogen and oxygen atoms in total. The molecule has 0 bridgehead atoms. The Hall–Kier alpha value is -0.890. The van der Waals surface area contributed by atoms with Crippen molar-refractivity contribution in [3.05, 3.63) is 35.6 Å². The second kappa shape index (κ2) is 5.26. The lowest BCUT2D eigenvalue weighted by Gasteiger charge is -2.25. The summed E-state index contributed by atoms with van der Waals surface area (Å²) in [6, 6.07) is 6.89. The Morgan fingerprint density at radius 1 is 1.33 bits per heavy atom. The summed E-state index contributed by atoms with van der Waals surface area (Å²) in [5.74, 6) is -0.149. The first-order chi connectivity index (χ1) is 7.06. The average molecular weight is 209 g/mol. The number of hydrogen-bond donors (Lipinski definition) is 1. The van der Waals surface area contributed by atoms with Gasteiger partial charge in [0.05, 0.1) is 0 Å². The molecule has 0 aliphatic carbocycles. The topological polar surface area (TPSA) is 12.0 Å². The second-order valence-electron chi connectivity index (χ2n) is 4.50. The minimum absolute atomic E-state index is 0.0320. The standard InChI is InChI=1S/C13H20FN/c1-4-15-9-8-13(2,3)11-6-5-7-12(14)10-11/h5-7,10,15H,4,8-9H2,1-3H3. The van der Waals surface area contributed by atoms with Crippen LogP contribution in [0, 0.1) is 5.82 Å². The van der Waals surface area contributed by atoms with Crippen molar-refractivity contribution >= 4 is 0 Å². The van der Waals surface area contributed by atoms with Crippen LogP contribution in [0.15, 0.2) is 24.3 Å². The summed E-state index contributed by atoms with van der Waals surface area (Å²) in [5, 5.41) is 3.29. The summed E-state index contributed by atoms with van der Waals surface area (Å²) in [4.78, 5) is 0. The summed E-state index contributed by atoms with van der Waals surface area (Å²) in [6.45, 7) is 8.35. The Morgan fingerprint density at radius 2 is 2.07 bits per heavy atom. The molecule has 0 aliphatic rings. The molecule has 0 saturated heterocycles. The van der Waals surface area contributed by atoms with Gasteiger partial charge in [-0.2, -0.15) is 0 Å². The minimum Gasteiger partial charge on any atom is -0.317 e. The van der Waals surface area contributed by atoms with Gasteiger partial charge in [0.2, 0.25) is 0 Å². The minimum atomic E-state index is -0.149. The lowest BCUT2D eigenvalue weighted by molar-refractivity contribution is 0.458. The van der Waals surface area contributed by atoms with Gasteiger partial charge in [-0.1, -0.05) is 32.9 Å². The first-order valence-corrected chi connectivity index (χ1v) is 5.53. The fraction of sp³-hybridized carbons (Fsp3) is 0.538. The molecule has 0 spiro atoms. The van der Waals surface area contributed by atoms with Crippen LogP contribution in [0.2, 0.25) is 0 Å². The Morgan fingerprint density at radius 3 is 2.67 bits per heavy atom. The SMILES string of the molecule is CCNCCC(C)(C)c1cccc(F)c1. The smallest absolute Gasteiger partial charge is 0.123 e. The molecule has 0 radical (unpaired) electrons. The molecule has 1 N–H and O–H groups in total. The number of hydrogen-bond acceptors (Lipinski definition) is 1. The number of rotatable bonds is 5. The van der Waals surface area contributed by atoms with E-state index in [-0.39, 0.29) is 11.2 Å². The second-order valence-corrected chi connectivity index (χ2v) is 4.50. The molecule has 0 fully saturated rings. The van der Waals surface area contributed by atoms with Crippen molar-refractivity contribution in [3.63, 3.8) is 0 Å². The summed E-state index contributed by atoms with van der Waals surface area (Å²) < 4.78 is 13.1. The third kappa shape index (κ3) is 3.63. The van der Waals surface area contributed by atoms with Gasteiger partial charge in [-0.3, -0.25) is 0 Å². The first-order valence-electron chi connectivity index (χ1n) is 5.53. The van der Waals surface area contributed by atoms with Gasteiger partial charge in [0.1, 0.15) is 5.82 Å². The Kier molecular flexibility index (Phi) is 4.28. The van der Waals surface area contributed by atoms with Gasteiger partial charge in [-0.05, 0) is 42.6 Å². The summed E-state index contributed by atoms with van der Waals surface area (Å²) in [6.07, 6.45) is 1.02. The fourth-order valence-electron chi connectivity index (χ4n) is 1.63. The van der Waals surface area contributed by atoms with E-state index in [1.54, 1.807) is 12.1 Å². The van der Waals surface area contributed by atoms with Gasteiger partial charge >= 0.3 is 0 Å². The zero-order valence-electron chi connectivity index (χ0n) is 9.81. The van der Waals surface area contributed by atoms with E-state index in [2.05, 4.69) is 26.1 Å². The van der Waals surface area contributed by atoms with E-state index in [1.807, 2.05) is 6.07 Å². The van der Waals surface area contributed by atoms with Crippen LogP contribution in [0.1, 0.15) is 32.8 Å². The van der Waals surface area contributed by atoms with E-state index in [0.29, 0.717) is 0 Å². The molecule has 0 aliphatic heterocycles. The van der Waals surface area contributed by atoms with E-state index in [4.69, 9.17) is 0 Å². The van der Waals surface area contributed by atoms with Crippen LogP contribution < -0.4 is 5.32 Å². The van der Waals surface area contributed by atoms with E-state index in [0.717, 1.165) is 25.1 Å². The molecular weight excluding hydrogens is 189 g/mol. The molecule has 1 aromatic carbocycles. The third-order valence-electron chi connectivity index (χ3n) is 2.78. The van der Waals surface area contributed by atoms with Gasteiger partial charge in [0.15, 0.2) is 0 Å². The van der Waals surface area contributed by atoms with Crippen molar-refractivity contribution in [2.24, 2.45) is 0 Å². The van der Waals surface area contributed by atoms with E-state index in [1.165, 1.54) is 6.07 Å². The third-order valence-corrected chi connectivity index (χ3v) is 2.78. The average Bonchev–Trinajstić information content (AvgIpc) is 2.18. The highest BCUT2D eigenvalue weighted by atomic mass is 19.1. The van der Waals surface area contributed by atoms with Crippen molar-refractivity contribution in [2.75, 3.05) is 13.1 Å². The zero-order chi connectivity index (χ0) is 11.3. The zero-order valence-corrected chi connectivity index (χ0v) is 9.81. The molecule has 15 heavy (non-hydrogen) atoms. The quantitative estimate of drug-likeness (QED) is 0.735. The number of benzene rings is 1. The van der Waals surface area contributed by atoms with Crippen LogP contribution in [-0.2, 0) is 5.41 Å². The fourth-order valence-corrected chi connectivity index (χ4v) is 1.63. The molecule has 0 heterocycles. The highest BCUT2D eigenvalue weighted by Gasteiger charge is 2.20. The van der Waals surface area contributed by atoms with Crippen molar-refractivity contribution in [3.8, 4) is 0 Å². The van der Waals surface area contributed by atoms with Crippen molar-refractivity contribution < 1.29 is 4.39 Å². The van der Waals surface area contributed by atoms with Crippen molar-refractivity contribution in [1.29, 1.82) is 0 Å². The molecule has 0 unspecified atom stereocenters. The molecule has 1 rings (SSSR count). The molecule has 1 aromatic rings. The molecule has 0 saturated carbocycles. The van der Waals surface area contributed by atoms with Crippen molar-refractivity contribution in [1.82, 2.24) is 5.32 Å². The van der Waals surface area contributed by atoms with E-state index < -0.39 is 0 Å². The molecule has 2 heteroatoms. The summed E-state index contributed by atoms with van der Waals surface area (Å²) >= 11 is 0. The summed E-state index contributed by atoms with van der Waals surface area (Å²) in [7, 11) is 0. The molecular formula is C13H20FN. The van der Waals surface area contributed by atoms with Crippen LogP contribution in [0.5, 0.6) is 0 Å². The van der Waals surface area contributed by atoms with Crippen LogP contribution in [0.25, 0.3) is 0 Å². The maximum absolute atomic E-state index is 13.1. The van der Waals surface area contributed by atoms with E-state index in [9.17, 15) is 4.39 Å². The normalized spacial score (nSPS) is 11.7. The largest absolute Gasteiger partial charge is 0.317 e. The van der Waals surface area contributed by atoms with Gasteiger partial charge < -0.3 is 5.32 Å². The monoisotopic (exact) mass is 209 g/mol. The van der Waals surface area contributed by atoms with Crippen LogP contribution >= 0.6 is 0 Å². The maximum Gasteiger partial charge on any atom is 0.123 e. The van der Waals surface area contributed by atoms with Crippen LogP contribution in [-0.4, -0.2) is 13.1 Å². The molecule has 0 atom stereocenters. The maximum atomic E-state index is 13.1. The number of halogens is 1. The Balaban J connectivity index is 2.67. The van der Waals surface area contributed by atoms with E-state index >= 15 is 0 Å². The Bertz CT molecular complexity index is 307. The van der Waals surface area contributed by atoms with Crippen LogP contribution in [0.3, 0.4) is 0 Å². The van der Waals surface area contributed by atoms with Gasteiger partial charge in [-0.25, -0.2) is 4.39 Å². The van der Waals surface area contributed by atoms with Crippen molar-refractivity contribution in [2.45, 2.75) is 32.6 Å². The first kappa shape index (κ1) is 12.2. The summed E-state index contributed by atoms with van der Waals surface area (Å²) in [5.41, 5.74) is 1.10. The highest BCUT2D eigenvalue weighted by Crippen LogP contribution is 2.26. The lowest BCUT2D eigenvalue weighted by Crippen LogP contribution is -2.25. The molecule has 0 amide bonds. The number of nitrogens with one attached hydrogen (secondary N) is 1.